The van der Waals surface area contributed by atoms with E-state index in [1.807, 2.05) is 17.9 Å². The van der Waals surface area contributed by atoms with E-state index in [0.29, 0.717) is 24.7 Å². The summed E-state index contributed by atoms with van der Waals surface area (Å²) in [6.07, 6.45) is 5.42. The summed E-state index contributed by atoms with van der Waals surface area (Å²) >= 11 is 0. The van der Waals surface area contributed by atoms with Crippen LogP contribution in [-0.4, -0.2) is 46.1 Å². The summed E-state index contributed by atoms with van der Waals surface area (Å²) in [4.78, 5) is 14.9. The van der Waals surface area contributed by atoms with Gasteiger partial charge in [0, 0.05) is 31.1 Å². The Balaban J connectivity index is 1.46. The van der Waals surface area contributed by atoms with Crippen LogP contribution in [0.1, 0.15) is 63.1 Å². The number of rotatable bonds is 3. The summed E-state index contributed by atoms with van der Waals surface area (Å²) in [6.45, 7) is 3.33. The van der Waals surface area contributed by atoms with Crippen molar-refractivity contribution in [2.24, 2.45) is 11.8 Å². The maximum atomic E-state index is 13.6. The van der Waals surface area contributed by atoms with Crippen LogP contribution >= 0.6 is 0 Å². The van der Waals surface area contributed by atoms with E-state index in [1.165, 1.54) is 11.1 Å². The van der Waals surface area contributed by atoms with Crippen LogP contribution < -0.4 is 5.32 Å². The Labute approximate surface area is 159 Å². The highest BCUT2D eigenvalue weighted by molar-refractivity contribution is 5.79. The van der Waals surface area contributed by atoms with Gasteiger partial charge < -0.3 is 10.2 Å². The Morgan fingerprint density at radius 2 is 2.00 bits per heavy atom. The fourth-order valence-corrected chi connectivity index (χ4v) is 5.15. The lowest BCUT2D eigenvalue weighted by Gasteiger charge is -2.42. The quantitative estimate of drug-likeness (QED) is 0.862. The number of nitrogens with one attached hydrogen (secondary N) is 1. The van der Waals surface area contributed by atoms with Gasteiger partial charge in [-0.05, 0) is 44.9 Å². The zero-order chi connectivity index (χ0) is 19.0. The number of carbonyl (C=O) groups is 1. The molecule has 27 heavy (non-hydrogen) atoms. The predicted octanol–water partition coefficient (Wildman–Crippen LogP) is 4.00. The van der Waals surface area contributed by atoms with Gasteiger partial charge in [-0.25, -0.2) is 13.5 Å². The van der Waals surface area contributed by atoms with Crippen molar-refractivity contribution < 1.29 is 13.6 Å². The largest absolute Gasteiger partial charge is 0.367 e. The molecular weight excluding hydrogens is 350 g/mol. The molecule has 7 heteroatoms. The maximum Gasteiger partial charge on any atom is 0.260 e. The lowest BCUT2D eigenvalue weighted by atomic mass is 9.84. The van der Waals surface area contributed by atoms with E-state index in [9.17, 15) is 13.6 Å². The minimum atomic E-state index is -2.43. The lowest BCUT2D eigenvalue weighted by molar-refractivity contribution is -0.138. The maximum absolute atomic E-state index is 13.6. The van der Waals surface area contributed by atoms with Gasteiger partial charge in [0.25, 0.3) is 6.43 Å². The fourth-order valence-electron chi connectivity index (χ4n) is 5.15. The molecule has 3 aliphatic rings. The number of anilines is 1. The molecule has 4 rings (SSSR count). The first-order chi connectivity index (χ1) is 13.0. The molecule has 150 valence electrons. The standard InChI is InChI=1S/C20H30F2N4O/c1-13-10-18-23-16(11-17(19(21)22)26(18)24-13)15-8-5-9-25(12-15)20(27)14-6-3-2-4-7-14/h10,14-17,19,23H,2-9,11-12H2,1H3/t15-,16-,17+/m0/s1. The van der Waals surface area contributed by atoms with Gasteiger partial charge in [-0.15, -0.1) is 0 Å². The first-order valence-corrected chi connectivity index (χ1v) is 10.4. The number of aromatic nitrogens is 2. The molecule has 1 aromatic rings. The first-order valence-electron chi connectivity index (χ1n) is 10.4. The van der Waals surface area contributed by atoms with Gasteiger partial charge in [0.15, 0.2) is 0 Å². The number of nitrogens with zero attached hydrogens (tertiary/aromatic N) is 3. The van der Waals surface area contributed by atoms with E-state index < -0.39 is 12.5 Å². The third-order valence-corrected chi connectivity index (χ3v) is 6.58. The first kappa shape index (κ1) is 18.7. The Kier molecular flexibility index (Phi) is 5.37. The summed E-state index contributed by atoms with van der Waals surface area (Å²) < 4.78 is 28.7. The molecule has 1 saturated heterocycles. The number of amides is 1. The van der Waals surface area contributed by atoms with E-state index >= 15 is 0 Å². The molecule has 2 fully saturated rings. The summed E-state index contributed by atoms with van der Waals surface area (Å²) in [5.74, 6) is 1.37. The summed E-state index contributed by atoms with van der Waals surface area (Å²) in [5, 5.41) is 7.69. The molecule has 2 aliphatic heterocycles. The number of aryl methyl sites for hydroxylation is 1. The Hall–Kier alpha value is -1.66. The molecule has 3 atom stereocenters. The monoisotopic (exact) mass is 380 g/mol. The second-order valence-corrected chi connectivity index (χ2v) is 8.53. The molecule has 0 radical (unpaired) electrons. The zero-order valence-corrected chi connectivity index (χ0v) is 16.0. The highest BCUT2D eigenvalue weighted by Gasteiger charge is 2.39. The van der Waals surface area contributed by atoms with E-state index in [-0.39, 0.29) is 17.9 Å². The van der Waals surface area contributed by atoms with Gasteiger partial charge in [0.05, 0.1) is 5.69 Å². The fraction of sp³-hybridized carbons (Fsp3) is 0.800. The molecule has 1 aromatic heterocycles. The normalized spacial score (nSPS) is 29.5. The minimum Gasteiger partial charge on any atom is -0.367 e. The van der Waals surface area contributed by atoms with Crippen molar-refractivity contribution in [1.82, 2.24) is 14.7 Å². The van der Waals surface area contributed by atoms with Crippen molar-refractivity contribution in [2.75, 3.05) is 18.4 Å². The Bertz CT molecular complexity index is 671. The molecule has 0 aromatic carbocycles. The number of carbonyl (C=O) groups excluding carboxylic acids is 1. The highest BCUT2D eigenvalue weighted by atomic mass is 19.3. The third-order valence-electron chi connectivity index (χ3n) is 6.58. The van der Waals surface area contributed by atoms with Crippen LogP contribution in [0.5, 0.6) is 0 Å². The average Bonchev–Trinajstić information content (AvgIpc) is 3.07. The minimum absolute atomic E-state index is 0.0328. The second-order valence-electron chi connectivity index (χ2n) is 8.53. The van der Waals surface area contributed by atoms with E-state index in [1.54, 1.807) is 0 Å². The number of likely N-dealkylation sites (tertiary alicyclic amines) is 1. The van der Waals surface area contributed by atoms with Crippen LogP contribution in [-0.2, 0) is 4.79 Å². The SMILES string of the molecule is Cc1cc2n(n1)[C@@H](C(F)F)C[C@@H]([C@H]1CCCN(C(=O)C3CCCCC3)C1)N2. The molecule has 1 N–H and O–H groups in total. The van der Waals surface area contributed by atoms with Crippen molar-refractivity contribution in [3.8, 4) is 0 Å². The van der Waals surface area contributed by atoms with E-state index in [0.717, 1.165) is 50.8 Å². The van der Waals surface area contributed by atoms with Gasteiger partial charge in [-0.2, -0.15) is 5.10 Å². The summed E-state index contributed by atoms with van der Waals surface area (Å²) in [5.41, 5.74) is 0.751. The molecule has 1 aliphatic carbocycles. The Morgan fingerprint density at radius 3 is 2.74 bits per heavy atom. The van der Waals surface area contributed by atoms with Gasteiger partial charge in [-0.1, -0.05) is 19.3 Å². The predicted molar refractivity (Wildman–Crippen MR) is 99.9 cm³/mol. The van der Waals surface area contributed by atoms with Crippen molar-refractivity contribution >= 4 is 11.7 Å². The smallest absolute Gasteiger partial charge is 0.260 e. The van der Waals surface area contributed by atoms with Crippen molar-refractivity contribution in [3.05, 3.63) is 11.8 Å². The van der Waals surface area contributed by atoms with Gasteiger partial charge >= 0.3 is 0 Å². The van der Waals surface area contributed by atoms with Crippen molar-refractivity contribution in [1.29, 1.82) is 0 Å². The van der Waals surface area contributed by atoms with Crippen LogP contribution in [0.4, 0.5) is 14.6 Å². The van der Waals surface area contributed by atoms with Gasteiger partial charge in [-0.3, -0.25) is 4.79 Å². The lowest BCUT2D eigenvalue weighted by Crippen LogP contribution is -2.49. The molecule has 0 spiro atoms. The summed E-state index contributed by atoms with van der Waals surface area (Å²) in [7, 11) is 0. The van der Waals surface area contributed by atoms with E-state index in [2.05, 4.69) is 10.4 Å². The molecule has 0 unspecified atom stereocenters. The topological polar surface area (TPSA) is 50.2 Å². The van der Waals surface area contributed by atoms with Crippen molar-refractivity contribution in [3.63, 3.8) is 0 Å². The van der Waals surface area contributed by atoms with Crippen LogP contribution in [0, 0.1) is 18.8 Å². The van der Waals surface area contributed by atoms with Crippen LogP contribution in [0.3, 0.4) is 0 Å². The molecule has 5 nitrogen and oxygen atoms in total. The number of fused-ring (bicyclic) bond motifs is 1. The van der Waals surface area contributed by atoms with Crippen LogP contribution in [0.15, 0.2) is 6.07 Å². The molecule has 1 saturated carbocycles. The number of piperidine rings is 1. The van der Waals surface area contributed by atoms with Crippen LogP contribution in [0.25, 0.3) is 0 Å². The van der Waals surface area contributed by atoms with Crippen molar-refractivity contribution in [2.45, 2.75) is 76.8 Å². The van der Waals surface area contributed by atoms with Crippen LogP contribution in [0.2, 0.25) is 0 Å². The second kappa shape index (κ2) is 7.76. The number of hydrogen-bond acceptors (Lipinski definition) is 3. The summed E-state index contributed by atoms with van der Waals surface area (Å²) in [6, 6.07) is 0.925. The number of alkyl halides is 2. The Morgan fingerprint density at radius 1 is 1.22 bits per heavy atom. The number of halogens is 2. The molecule has 3 heterocycles. The third kappa shape index (κ3) is 3.83. The highest BCUT2D eigenvalue weighted by Crippen LogP contribution is 2.37. The van der Waals surface area contributed by atoms with Gasteiger partial charge in [0.1, 0.15) is 11.9 Å². The average molecular weight is 380 g/mol. The van der Waals surface area contributed by atoms with E-state index in [4.69, 9.17) is 0 Å². The molecular formula is C20H30F2N4O. The number of hydrogen-bond donors (Lipinski definition) is 1. The molecule has 0 bridgehead atoms. The van der Waals surface area contributed by atoms with Gasteiger partial charge in [0.2, 0.25) is 5.91 Å². The zero-order valence-electron chi connectivity index (χ0n) is 16.0. The molecule has 1 amide bonds.